The summed E-state index contributed by atoms with van der Waals surface area (Å²) in [4.78, 5) is 11.3. The Hall–Kier alpha value is -0.0505. The molecule has 0 aromatic carbocycles. The maximum atomic E-state index is 8.58. The van der Waals surface area contributed by atoms with Gasteiger partial charge in [0.2, 0.25) is 0 Å². The Morgan fingerprint density at radius 3 is 2.00 bits per heavy atom. The Balaban J connectivity index is 0. The molecule has 1 N–H and O–H groups in total. The van der Waals surface area contributed by atoms with Crippen molar-refractivity contribution in [1.82, 2.24) is 0 Å². The van der Waals surface area contributed by atoms with Crippen molar-refractivity contribution in [2.75, 3.05) is 0 Å². The van der Waals surface area contributed by atoms with Crippen LogP contribution in [0.25, 0.3) is 0 Å². The van der Waals surface area contributed by atoms with Crippen molar-refractivity contribution < 1.29 is 32.0 Å². The number of rotatable bonds is 1. The molecule has 0 bridgehead atoms. The van der Waals surface area contributed by atoms with E-state index in [4.69, 9.17) is 10.1 Å². The molecule has 4 heteroatoms. The van der Waals surface area contributed by atoms with Gasteiger partial charge in [0.15, 0.2) is 0 Å². The first-order valence-electron chi connectivity index (χ1n) is 0.591. The standard InChI is InChI=1S/CHO3.Fe/c2-1-4-3;/h3H;/q-1;. The summed E-state index contributed by atoms with van der Waals surface area (Å²) in [5.74, 6) is 0. The molecule has 0 radical (unpaired) electrons. The first-order chi connectivity index (χ1) is 1.91. The summed E-state index contributed by atoms with van der Waals surface area (Å²) in [6.07, 6.45) is 0. The number of hydrogen-bond acceptors (Lipinski definition) is 3. The van der Waals surface area contributed by atoms with E-state index in [1.54, 1.807) is 0 Å². The minimum atomic E-state index is 0. The molecular weight excluding hydrogens is 116 g/mol. The predicted octanol–water partition coefficient (Wildman–Crippen LogP) is -0.459. The van der Waals surface area contributed by atoms with Crippen LogP contribution in [0.2, 0.25) is 0 Å². The summed E-state index contributed by atoms with van der Waals surface area (Å²) in [6, 6.07) is 0. The molecule has 3 nitrogen and oxygen atoms in total. The van der Waals surface area contributed by atoms with Crippen molar-refractivity contribution in [2.24, 2.45) is 0 Å². The van der Waals surface area contributed by atoms with E-state index in [0.29, 0.717) is 0 Å². The van der Waals surface area contributed by atoms with Crippen molar-refractivity contribution in [3.63, 3.8) is 0 Å². The number of carbonyl (C=O) groups excluding carboxylic acids is 1. The molecule has 0 unspecified atom stereocenters. The fourth-order valence-electron chi connectivity index (χ4n) is 0. The summed E-state index contributed by atoms with van der Waals surface area (Å²) in [6.45, 7) is 0.736. The molecule has 5 heavy (non-hydrogen) atoms. The molecule has 0 aliphatic heterocycles. The van der Waals surface area contributed by atoms with E-state index in [0.717, 1.165) is 6.47 Å². The maximum Gasteiger partial charge on any atom is 0 e. The summed E-state index contributed by atoms with van der Waals surface area (Å²) in [5.41, 5.74) is 0. The fraction of sp³-hybridized carbons (Fsp3) is 0. The van der Waals surface area contributed by atoms with Crippen molar-refractivity contribution in [2.45, 2.75) is 0 Å². The molecule has 0 heterocycles. The average Bonchev–Trinajstić information content (AvgIpc) is 1.37. The Bertz CT molecular complexity index is 20.9. The molecule has 0 atom stereocenters. The van der Waals surface area contributed by atoms with Crippen LogP contribution in [0.5, 0.6) is 0 Å². The van der Waals surface area contributed by atoms with Gasteiger partial charge in [0.05, 0.1) is 0 Å². The first kappa shape index (κ1) is 8.87. The molecule has 0 spiro atoms. The van der Waals surface area contributed by atoms with Gasteiger partial charge in [0.25, 0.3) is 0 Å². The molecule has 0 saturated heterocycles. The van der Waals surface area contributed by atoms with Crippen molar-refractivity contribution in [3.8, 4) is 0 Å². The van der Waals surface area contributed by atoms with Crippen molar-refractivity contribution in [1.29, 1.82) is 0 Å². The van der Waals surface area contributed by atoms with Gasteiger partial charge >= 0.3 is 0 Å². The monoisotopic (exact) mass is 117 g/mol. The van der Waals surface area contributed by atoms with Gasteiger partial charge in [-0.1, -0.05) is 0 Å². The van der Waals surface area contributed by atoms with Gasteiger partial charge < -0.3 is 9.68 Å². The van der Waals surface area contributed by atoms with Crippen molar-refractivity contribution in [3.05, 3.63) is 0 Å². The normalized spacial score (nSPS) is 4.20. The molecule has 0 rings (SSSR count). The zero-order valence-electron chi connectivity index (χ0n) is 2.12. The van der Waals surface area contributed by atoms with E-state index in [1.165, 1.54) is 0 Å². The van der Waals surface area contributed by atoms with Gasteiger partial charge in [-0.25, -0.2) is 5.26 Å². The first-order valence-corrected chi connectivity index (χ1v) is 0.591. The van der Waals surface area contributed by atoms with Gasteiger partial charge in [-0.3, -0.25) is 0 Å². The fourth-order valence-corrected chi connectivity index (χ4v) is 0. The van der Waals surface area contributed by atoms with E-state index < -0.39 is 0 Å². The van der Waals surface area contributed by atoms with Gasteiger partial charge in [-0.2, -0.15) is 0 Å². The topological polar surface area (TPSA) is 46.5 Å². The molecule has 0 saturated carbocycles. The van der Waals surface area contributed by atoms with E-state index >= 15 is 0 Å². The van der Waals surface area contributed by atoms with E-state index in [-0.39, 0.29) is 17.1 Å². The molecule has 0 aromatic rings. The second-order valence-corrected chi connectivity index (χ2v) is 0.175. The van der Waals surface area contributed by atoms with Gasteiger partial charge in [-0.15, -0.1) is 0 Å². The van der Waals surface area contributed by atoms with Crippen LogP contribution in [0.1, 0.15) is 0 Å². The third-order valence-corrected chi connectivity index (χ3v) is 0.0373. The average molecular weight is 117 g/mol. The van der Waals surface area contributed by atoms with Crippen LogP contribution in [0.3, 0.4) is 0 Å². The zero-order valence-corrected chi connectivity index (χ0v) is 3.22. The van der Waals surface area contributed by atoms with Crippen LogP contribution in [-0.2, 0) is 26.8 Å². The van der Waals surface area contributed by atoms with Crippen LogP contribution >= 0.6 is 0 Å². The molecule has 0 fully saturated rings. The van der Waals surface area contributed by atoms with E-state index in [2.05, 4.69) is 4.89 Å². The molecular formula is CHFeO3-. The van der Waals surface area contributed by atoms with Gasteiger partial charge in [-0.05, 0) is 6.47 Å². The Morgan fingerprint density at radius 1 is 1.80 bits per heavy atom. The Labute approximate surface area is 39.3 Å². The largest absolute Gasteiger partial charge is 0.509 e. The molecule has 0 amide bonds. The van der Waals surface area contributed by atoms with Crippen LogP contribution in [0.15, 0.2) is 0 Å². The smallest absolute Gasteiger partial charge is 0 e. The molecule has 0 aromatic heterocycles. The summed E-state index contributed by atoms with van der Waals surface area (Å²) in [7, 11) is 0. The van der Waals surface area contributed by atoms with Crippen molar-refractivity contribution >= 4 is 6.47 Å². The zero-order chi connectivity index (χ0) is 3.41. The second-order valence-electron chi connectivity index (χ2n) is 0.175. The second kappa shape index (κ2) is 9.04. The third kappa shape index (κ3) is 16.6. The Morgan fingerprint density at radius 2 is 2.00 bits per heavy atom. The van der Waals surface area contributed by atoms with Crippen LogP contribution < -0.4 is 0 Å². The maximum absolute atomic E-state index is 8.58. The molecule has 0 aliphatic carbocycles. The Kier molecular flexibility index (Phi) is 16.0. The number of hydrogen-bond donors (Lipinski definition) is 1. The van der Waals surface area contributed by atoms with Gasteiger partial charge in [0.1, 0.15) is 0 Å². The summed E-state index contributed by atoms with van der Waals surface area (Å²) < 4.78 is 0. The van der Waals surface area contributed by atoms with Crippen LogP contribution in [0, 0.1) is 0 Å². The van der Waals surface area contributed by atoms with Crippen LogP contribution in [0.4, 0.5) is 0 Å². The molecule has 32 valence electrons. The summed E-state index contributed by atoms with van der Waals surface area (Å²) in [5, 5.41) is 6.95. The minimum absolute atomic E-state index is 0. The molecule has 0 aliphatic rings. The quantitative estimate of drug-likeness (QED) is 0.219. The van der Waals surface area contributed by atoms with E-state index in [9.17, 15) is 0 Å². The SMILES string of the molecule is O=[C-]OO.[Fe]. The minimum Gasteiger partial charge on any atom is -0.509 e. The third-order valence-electron chi connectivity index (χ3n) is 0.0373. The van der Waals surface area contributed by atoms with Gasteiger partial charge in [0, 0.05) is 17.1 Å². The predicted molar refractivity (Wildman–Crippen MR) is 9.41 cm³/mol. The summed E-state index contributed by atoms with van der Waals surface area (Å²) >= 11 is 0. The van der Waals surface area contributed by atoms with Crippen LogP contribution in [-0.4, -0.2) is 11.7 Å². The van der Waals surface area contributed by atoms with E-state index in [1.807, 2.05) is 0 Å².